The van der Waals surface area contributed by atoms with Crippen LogP contribution in [-0.2, 0) is 4.79 Å². The van der Waals surface area contributed by atoms with Crippen LogP contribution in [0, 0.1) is 0 Å². The van der Waals surface area contributed by atoms with Crippen molar-refractivity contribution in [1.29, 1.82) is 0 Å². The number of rotatable bonds is 7. The zero-order valence-electron chi connectivity index (χ0n) is 16.4. The number of nitrogens with zero attached hydrogens (tertiary/aromatic N) is 1. The van der Waals surface area contributed by atoms with Gasteiger partial charge in [-0.2, -0.15) is 5.10 Å². The van der Waals surface area contributed by atoms with Gasteiger partial charge in [0.15, 0.2) is 6.10 Å². The number of ether oxygens (including phenoxy) is 2. The van der Waals surface area contributed by atoms with Crippen molar-refractivity contribution in [2.75, 3.05) is 0 Å². The van der Waals surface area contributed by atoms with Gasteiger partial charge in [-0.3, -0.25) is 4.79 Å². The Hall–Kier alpha value is -3.35. The topological polar surface area (TPSA) is 77.0 Å². The molecule has 3 rings (SSSR count). The Morgan fingerprint density at radius 2 is 1.61 bits per heavy atom. The molecular weight excluding hydrogens is 439 g/mol. The molecule has 1 N–H and O–H groups in total. The number of carbonyl (C=O) groups excluding carboxylic acids is 2. The molecule has 0 aliphatic carbocycles. The summed E-state index contributed by atoms with van der Waals surface area (Å²) in [5, 5.41) is 4.96. The fourth-order valence-corrected chi connectivity index (χ4v) is 2.75. The molecule has 0 aliphatic heterocycles. The molecule has 0 heterocycles. The third-order valence-electron chi connectivity index (χ3n) is 4.04. The molecular formula is C23H18Cl2N2O4. The lowest BCUT2D eigenvalue weighted by Crippen LogP contribution is -2.33. The summed E-state index contributed by atoms with van der Waals surface area (Å²) in [4.78, 5) is 24.2. The quantitative estimate of drug-likeness (QED) is 0.231. The maximum atomic E-state index is 12.1. The zero-order chi connectivity index (χ0) is 22.2. The Labute approximate surface area is 189 Å². The van der Waals surface area contributed by atoms with Crippen LogP contribution in [0.5, 0.6) is 11.5 Å². The van der Waals surface area contributed by atoms with Gasteiger partial charge in [0.1, 0.15) is 11.5 Å². The van der Waals surface area contributed by atoms with Gasteiger partial charge < -0.3 is 9.47 Å². The van der Waals surface area contributed by atoms with Gasteiger partial charge in [0.2, 0.25) is 0 Å². The minimum atomic E-state index is -0.744. The van der Waals surface area contributed by atoms with Gasteiger partial charge >= 0.3 is 5.97 Å². The van der Waals surface area contributed by atoms with Gasteiger partial charge in [0.05, 0.1) is 11.8 Å². The first kappa shape index (κ1) is 22.3. The summed E-state index contributed by atoms with van der Waals surface area (Å²) in [5.74, 6) is -0.0146. The smallest absolute Gasteiger partial charge is 0.343 e. The summed E-state index contributed by atoms with van der Waals surface area (Å²) in [5.41, 5.74) is 3.48. The highest BCUT2D eigenvalue weighted by atomic mass is 35.5. The second kappa shape index (κ2) is 10.6. The predicted octanol–water partition coefficient (Wildman–Crippen LogP) is 5.13. The molecule has 158 valence electrons. The Bertz CT molecular complexity index is 1080. The third-order valence-corrected chi connectivity index (χ3v) is 4.52. The first-order chi connectivity index (χ1) is 14.9. The van der Waals surface area contributed by atoms with Crippen LogP contribution in [-0.4, -0.2) is 24.2 Å². The molecule has 1 atom stereocenters. The average molecular weight is 457 g/mol. The van der Waals surface area contributed by atoms with Gasteiger partial charge in [0, 0.05) is 10.0 Å². The molecule has 0 aromatic heterocycles. The van der Waals surface area contributed by atoms with E-state index in [1.54, 1.807) is 73.7 Å². The van der Waals surface area contributed by atoms with Crippen molar-refractivity contribution < 1.29 is 19.1 Å². The standard InChI is InChI=1S/C23H18Cl2N2O4/c1-15(30-20-11-7-18(24)8-12-20)22(28)27-26-14-16-5-9-21(10-6-16)31-23(29)17-3-2-4-19(25)13-17/h2-15H,1H3,(H,27,28)/b26-14-/t15-/m0/s1. The summed E-state index contributed by atoms with van der Waals surface area (Å²) in [6, 6.07) is 19.9. The molecule has 0 aliphatic rings. The normalized spacial score (nSPS) is 11.7. The first-order valence-electron chi connectivity index (χ1n) is 9.23. The molecule has 0 spiro atoms. The Morgan fingerprint density at radius 1 is 0.935 bits per heavy atom. The van der Waals surface area contributed by atoms with E-state index < -0.39 is 18.0 Å². The van der Waals surface area contributed by atoms with Crippen LogP contribution in [0.4, 0.5) is 0 Å². The number of nitrogens with one attached hydrogen (secondary N) is 1. The van der Waals surface area contributed by atoms with Gasteiger partial charge in [-0.15, -0.1) is 0 Å². The minimum Gasteiger partial charge on any atom is -0.481 e. The van der Waals surface area contributed by atoms with E-state index in [2.05, 4.69) is 10.5 Å². The Kier molecular flexibility index (Phi) is 7.65. The van der Waals surface area contributed by atoms with Crippen molar-refractivity contribution in [2.24, 2.45) is 5.10 Å². The second-order valence-electron chi connectivity index (χ2n) is 6.42. The van der Waals surface area contributed by atoms with E-state index in [-0.39, 0.29) is 0 Å². The van der Waals surface area contributed by atoms with Crippen molar-refractivity contribution in [1.82, 2.24) is 5.43 Å². The molecule has 0 radical (unpaired) electrons. The lowest BCUT2D eigenvalue weighted by Gasteiger charge is -2.12. The molecule has 1 amide bonds. The van der Waals surface area contributed by atoms with Crippen LogP contribution in [0.25, 0.3) is 0 Å². The number of benzene rings is 3. The van der Waals surface area contributed by atoms with Gasteiger partial charge in [0.25, 0.3) is 5.91 Å². The fourth-order valence-electron chi connectivity index (χ4n) is 2.44. The summed E-state index contributed by atoms with van der Waals surface area (Å²) >= 11 is 11.7. The SMILES string of the molecule is C[C@H](Oc1ccc(Cl)cc1)C(=O)N/N=C\c1ccc(OC(=O)c2cccc(Cl)c2)cc1. The number of hydrogen-bond acceptors (Lipinski definition) is 5. The maximum Gasteiger partial charge on any atom is 0.343 e. The average Bonchev–Trinajstić information content (AvgIpc) is 2.76. The largest absolute Gasteiger partial charge is 0.481 e. The highest BCUT2D eigenvalue weighted by molar-refractivity contribution is 6.31. The number of esters is 1. The predicted molar refractivity (Wildman–Crippen MR) is 120 cm³/mol. The van der Waals surface area contributed by atoms with E-state index in [0.717, 1.165) is 0 Å². The molecule has 0 saturated carbocycles. The molecule has 0 fully saturated rings. The highest BCUT2D eigenvalue weighted by Gasteiger charge is 2.14. The van der Waals surface area contributed by atoms with E-state index in [9.17, 15) is 9.59 Å². The van der Waals surface area contributed by atoms with Crippen molar-refractivity contribution in [2.45, 2.75) is 13.0 Å². The summed E-state index contributed by atoms with van der Waals surface area (Å²) < 4.78 is 10.8. The maximum absolute atomic E-state index is 12.1. The zero-order valence-corrected chi connectivity index (χ0v) is 17.9. The van der Waals surface area contributed by atoms with Crippen molar-refractivity contribution in [3.8, 4) is 11.5 Å². The third kappa shape index (κ3) is 6.84. The van der Waals surface area contributed by atoms with Crippen LogP contribution in [0.3, 0.4) is 0 Å². The Morgan fingerprint density at radius 3 is 2.29 bits per heavy atom. The van der Waals surface area contributed by atoms with E-state index >= 15 is 0 Å². The number of carbonyl (C=O) groups is 2. The molecule has 0 unspecified atom stereocenters. The van der Waals surface area contributed by atoms with Crippen LogP contribution in [0.15, 0.2) is 77.9 Å². The van der Waals surface area contributed by atoms with Crippen molar-refractivity contribution in [3.05, 3.63) is 94.0 Å². The molecule has 8 heteroatoms. The van der Waals surface area contributed by atoms with Gasteiger partial charge in [-0.05, 0) is 79.2 Å². The number of hydrogen-bond donors (Lipinski definition) is 1. The lowest BCUT2D eigenvalue weighted by molar-refractivity contribution is -0.127. The summed E-state index contributed by atoms with van der Waals surface area (Å²) in [7, 11) is 0. The molecule has 6 nitrogen and oxygen atoms in total. The van der Waals surface area contributed by atoms with Gasteiger partial charge in [-0.25, -0.2) is 10.2 Å². The van der Waals surface area contributed by atoms with Crippen LogP contribution in [0.2, 0.25) is 10.0 Å². The van der Waals surface area contributed by atoms with Crippen LogP contribution >= 0.6 is 23.2 Å². The lowest BCUT2D eigenvalue weighted by atomic mass is 10.2. The summed E-state index contributed by atoms with van der Waals surface area (Å²) in [6.45, 7) is 1.61. The van der Waals surface area contributed by atoms with Crippen LogP contribution < -0.4 is 14.9 Å². The molecule has 3 aromatic rings. The number of amides is 1. The van der Waals surface area contributed by atoms with Crippen molar-refractivity contribution in [3.63, 3.8) is 0 Å². The minimum absolute atomic E-state index is 0.357. The van der Waals surface area contributed by atoms with E-state index in [1.165, 1.54) is 12.3 Å². The molecule has 3 aromatic carbocycles. The van der Waals surface area contributed by atoms with Gasteiger partial charge in [-0.1, -0.05) is 29.3 Å². The second-order valence-corrected chi connectivity index (χ2v) is 7.29. The highest BCUT2D eigenvalue weighted by Crippen LogP contribution is 2.17. The fraction of sp³-hybridized carbons (Fsp3) is 0.0870. The Balaban J connectivity index is 1.50. The number of hydrazone groups is 1. The molecule has 31 heavy (non-hydrogen) atoms. The van der Waals surface area contributed by atoms with Crippen LogP contribution in [0.1, 0.15) is 22.8 Å². The first-order valence-corrected chi connectivity index (χ1v) is 9.99. The van der Waals surface area contributed by atoms with E-state index in [0.29, 0.717) is 32.7 Å². The monoisotopic (exact) mass is 456 g/mol. The molecule has 0 saturated heterocycles. The number of halogens is 2. The molecule has 0 bridgehead atoms. The van der Waals surface area contributed by atoms with E-state index in [1.807, 2.05) is 0 Å². The van der Waals surface area contributed by atoms with E-state index in [4.69, 9.17) is 32.7 Å². The summed E-state index contributed by atoms with van der Waals surface area (Å²) in [6.07, 6.45) is 0.724. The van der Waals surface area contributed by atoms with Crippen molar-refractivity contribution >= 4 is 41.3 Å².